The smallest absolute Gasteiger partial charge is 0.208 e. The summed E-state index contributed by atoms with van der Waals surface area (Å²) in [5.74, 6) is 2.69. The van der Waals surface area contributed by atoms with Gasteiger partial charge in [-0.1, -0.05) is 45.7 Å². The number of oxazole rings is 1. The van der Waals surface area contributed by atoms with Gasteiger partial charge in [0.2, 0.25) is 5.89 Å². The second kappa shape index (κ2) is 7.61. The number of nitrogens with zero attached hydrogens (tertiary/aromatic N) is 2. The van der Waals surface area contributed by atoms with Crippen LogP contribution in [-0.2, 0) is 12.0 Å². The molecule has 1 aliphatic heterocycles. The Hall–Kier alpha value is -1.81. The van der Waals surface area contributed by atoms with Gasteiger partial charge in [-0.15, -0.1) is 0 Å². The highest BCUT2D eigenvalue weighted by Crippen LogP contribution is 2.32. The highest BCUT2D eigenvalue weighted by Gasteiger charge is 2.25. The van der Waals surface area contributed by atoms with Crippen LogP contribution in [0, 0.1) is 0 Å². The molecule has 1 atom stereocenters. The lowest BCUT2D eigenvalue weighted by molar-refractivity contribution is 0.171. The Bertz CT molecular complexity index is 670. The third-order valence-electron chi connectivity index (χ3n) is 5.00. The molecule has 25 heavy (non-hydrogen) atoms. The van der Waals surface area contributed by atoms with Crippen molar-refractivity contribution >= 4 is 0 Å². The quantitative estimate of drug-likeness (QED) is 0.775. The maximum absolute atomic E-state index is 6.04. The van der Waals surface area contributed by atoms with E-state index in [0.29, 0.717) is 6.04 Å². The van der Waals surface area contributed by atoms with Gasteiger partial charge in [0.1, 0.15) is 11.5 Å². The summed E-state index contributed by atoms with van der Waals surface area (Å²) in [6, 6.07) is 8.91. The molecule has 1 saturated heterocycles. The molecule has 0 spiro atoms. The summed E-state index contributed by atoms with van der Waals surface area (Å²) in [5, 5.41) is 0. The molecule has 0 radical (unpaired) electrons. The lowest BCUT2D eigenvalue weighted by Crippen LogP contribution is -2.28. The molecule has 1 aromatic carbocycles. The number of rotatable bonds is 4. The van der Waals surface area contributed by atoms with Gasteiger partial charge in [-0.25, -0.2) is 4.98 Å². The minimum Gasteiger partial charge on any atom is -0.497 e. The van der Waals surface area contributed by atoms with Gasteiger partial charge in [0.25, 0.3) is 0 Å². The molecule has 0 saturated carbocycles. The first-order valence-corrected chi connectivity index (χ1v) is 9.30. The van der Waals surface area contributed by atoms with Crippen molar-refractivity contribution in [2.24, 2.45) is 0 Å². The number of aromatic nitrogens is 1. The molecule has 1 unspecified atom stereocenters. The highest BCUT2D eigenvalue weighted by atomic mass is 16.5. The van der Waals surface area contributed by atoms with E-state index in [1.54, 1.807) is 7.11 Å². The van der Waals surface area contributed by atoms with E-state index in [-0.39, 0.29) is 5.41 Å². The third kappa shape index (κ3) is 4.43. The van der Waals surface area contributed by atoms with E-state index in [4.69, 9.17) is 9.15 Å². The highest BCUT2D eigenvalue weighted by molar-refractivity contribution is 5.29. The normalized spacial score (nSPS) is 19.6. The monoisotopic (exact) mass is 342 g/mol. The first-order chi connectivity index (χ1) is 12.0. The maximum atomic E-state index is 6.04. The summed E-state index contributed by atoms with van der Waals surface area (Å²) in [7, 11) is 1.71. The largest absolute Gasteiger partial charge is 0.497 e. The van der Waals surface area contributed by atoms with Crippen LogP contribution in [-0.4, -0.2) is 23.5 Å². The zero-order chi connectivity index (χ0) is 17.9. The van der Waals surface area contributed by atoms with Gasteiger partial charge in [-0.3, -0.25) is 4.90 Å². The summed E-state index contributed by atoms with van der Waals surface area (Å²) in [4.78, 5) is 7.06. The summed E-state index contributed by atoms with van der Waals surface area (Å²) in [6.45, 7) is 8.33. The van der Waals surface area contributed by atoms with E-state index in [1.807, 2.05) is 6.20 Å². The molecular weight excluding hydrogens is 312 g/mol. The first kappa shape index (κ1) is 18.0. The fourth-order valence-electron chi connectivity index (χ4n) is 3.46. The molecule has 1 aromatic heterocycles. The van der Waals surface area contributed by atoms with Crippen molar-refractivity contribution in [2.45, 2.75) is 64.5 Å². The van der Waals surface area contributed by atoms with Crippen molar-refractivity contribution in [3.8, 4) is 5.75 Å². The molecule has 1 aliphatic rings. The Kier molecular flexibility index (Phi) is 5.48. The second-order valence-electron chi connectivity index (χ2n) is 7.98. The topological polar surface area (TPSA) is 38.5 Å². The van der Waals surface area contributed by atoms with Crippen LogP contribution in [0.5, 0.6) is 5.75 Å². The van der Waals surface area contributed by atoms with Gasteiger partial charge in [0.15, 0.2) is 0 Å². The van der Waals surface area contributed by atoms with Crippen LogP contribution in [0.2, 0.25) is 0 Å². The van der Waals surface area contributed by atoms with Gasteiger partial charge in [0, 0.05) is 11.5 Å². The van der Waals surface area contributed by atoms with Crippen LogP contribution in [0.1, 0.15) is 69.7 Å². The lowest BCUT2D eigenvalue weighted by atomic mass is 9.94. The van der Waals surface area contributed by atoms with Crippen LogP contribution in [0.25, 0.3) is 0 Å². The summed E-state index contributed by atoms with van der Waals surface area (Å²) in [6.07, 6.45) is 6.86. The molecule has 2 heterocycles. The molecule has 1 fully saturated rings. The van der Waals surface area contributed by atoms with Crippen LogP contribution in [0.15, 0.2) is 34.9 Å². The fourth-order valence-corrected chi connectivity index (χ4v) is 3.46. The van der Waals surface area contributed by atoms with Crippen LogP contribution in [0.3, 0.4) is 0 Å². The Labute approximate surface area is 151 Å². The van der Waals surface area contributed by atoms with Gasteiger partial charge < -0.3 is 9.15 Å². The van der Waals surface area contributed by atoms with Crippen molar-refractivity contribution in [3.05, 3.63) is 47.7 Å². The maximum Gasteiger partial charge on any atom is 0.208 e. The minimum absolute atomic E-state index is 0.000573. The third-order valence-corrected chi connectivity index (χ3v) is 5.00. The van der Waals surface area contributed by atoms with Crippen molar-refractivity contribution in [2.75, 3.05) is 13.7 Å². The Morgan fingerprint density at radius 2 is 1.92 bits per heavy atom. The van der Waals surface area contributed by atoms with Crippen LogP contribution >= 0.6 is 0 Å². The predicted molar refractivity (Wildman–Crippen MR) is 99.8 cm³/mol. The van der Waals surface area contributed by atoms with E-state index < -0.39 is 0 Å². The Morgan fingerprint density at radius 1 is 1.16 bits per heavy atom. The lowest BCUT2D eigenvalue weighted by Gasteiger charge is -2.29. The molecule has 0 N–H and O–H groups in total. The van der Waals surface area contributed by atoms with Gasteiger partial charge in [-0.05, 0) is 37.1 Å². The minimum atomic E-state index is -0.000573. The molecule has 136 valence electrons. The van der Waals surface area contributed by atoms with Gasteiger partial charge >= 0.3 is 0 Å². The second-order valence-corrected chi connectivity index (χ2v) is 7.98. The standard InChI is InChI=1S/C21H30N2O2/c1-21(2,3)19-14-22-20(25-19)15-23-13-7-5-6-8-18(23)16-9-11-17(24-4)12-10-16/h9-12,14,18H,5-8,13,15H2,1-4H3. The van der Waals surface area contributed by atoms with E-state index in [2.05, 4.69) is 54.9 Å². The summed E-state index contributed by atoms with van der Waals surface area (Å²) >= 11 is 0. The molecule has 3 rings (SSSR count). The van der Waals surface area contributed by atoms with Crippen LogP contribution < -0.4 is 4.74 Å². The van der Waals surface area contributed by atoms with Crippen molar-refractivity contribution in [1.82, 2.24) is 9.88 Å². The van der Waals surface area contributed by atoms with Crippen molar-refractivity contribution in [3.63, 3.8) is 0 Å². The Morgan fingerprint density at radius 3 is 2.56 bits per heavy atom. The number of likely N-dealkylation sites (tertiary alicyclic amines) is 1. The summed E-state index contributed by atoms with van der Waals surface area (Å²) in [5.41, 5.74) is 1.35. The molecule has 2 aromatic rings. The number of methoxy groups -OCH3 is 1. The number of benzene rings is 1. The number of hydrogen-bond donors (Lipinski definition) is 0. The molecule has 4 nitrogen and oxygen atoms in total. The van der Waals surface area contributed by atoms with E-state index in [9.17, 15) is 0 Å². The van der Waals surface area contributed by atoms with Gasteiger partial charge in [-0.2, -0.15) is 0 Å². The predicted octanol–water partition coefficient (Wildman–Crippen LogP) is 5.10. The van der Waals surface area contributed by atoms with Crippen molar-refractivity contribution in [1.29, 1.82) is 0 Å². The summed E-state index contributed by atoms with van der Waals surface area (Å²) < 4.78 is 11.3. The van der Waals surface area contributed by atoms with Crippen molar-refractivity contribution < 1.29 is 9.15 Å². The van der Waals surface area contributed by atoms with Crippen LogP contribution in [0.4, 0.5) is 0 Å². The molecule has 4 heteroatoms. The van der Waals surface area contributed by atoms with E-state index in [1.165, 1.54) is 31.2 Å². The van der Waals surface area contributed by atoms with Gasteiger partial charge in [0.05, 0.1) is 19.9 Å². The molecular formula is C21H30N2O2. The first-order valence-electron chi connectivity index (χ1n) is 9.30. The molecule has 0 amide bonds. The zero-order valence-electron chi connectivity index (χ0n) is 15.9. The molecule has 0 aliphatic carbocycles. The number of ether oxygens (including phenoxy) is 1. The Balaban J connectivity index is 1.79. The van der Waals surface area contributed by atoms with E-state index in [0.717, 1.165) is 30.5 Å². The van der Waals surface area contributed by atoms with E-state index >= 15 is 0 Å². The average molecular weight is 342 g/mol. The average Bonchev–Trinajstić information content (AvgIpc) is 2.95. The SMILES string of the molecule is COc1ccc(C2CCCCCN2Cc2ncc(C(C)(C)C)o2)cc1. The molecule has 0 bridgehead atoms. The number of hydrogen-bond acceptors (Lipinski definition) is 4. The zero-order valence-corrected chi connectivity index (χ0v) is 15.9. The fraction of sp³-hybridized carbons (Fsp3) is 0.571.